The number of carbonyl (C=O) groups excluding carboxylic acids is 2. The Kier molecular flexibility index (Phi) is 2.48. The van der Waals surface area contributed by atoms with Gasteiger partial charge in [-0.15, -0.1) is 0 Å². The molecule has 0 spiro atoms. The highest BCUT2D eigenvalue weighted by molar-refractivity contribution is 6.03. The van der Waals surface area contributed by atoms with E-state index in [9.17, 15) is 9.59 Å². The van der Waals surface area contributed by atoms with E-state index in [2.05, 4.69) is 10.3 Å². The predicted molar refractivity (Wildman–Crippen MR) is 62.7 cm³/mol. The van der Waals surface area contributed by atoms with E-state index < -0.39 is 0 Å². The van der Waals surface area contributed by atoms with Crippen molar-refractivity contribution in [3.8, 4) is 0 Å². The number of rotatable bonds is 2. The van der Waals surface area contributed by atoms with Crippen LogP contribution in [0.1, 0.15) is 22.8 Å². The van der Waals surface area contributed by atoms with Gasteiger partial charge in [-0.05, 0) is 24.6 Å². The van der Waals surface area contributed by atoms with E-state index >= 15 is 0 Å². The van der Waals surface area contributed by atoms with Gasteiger partial charge < -0.3 is 10.3 Å². The third-order valence-corrected chi connectivity index (χ3v) is 2.57. The molecule has 2 rings (SSSR count). The second-order valence-electron chi connectivity index (χ2n) is 3.70. The van der Waals surface area contributed by atoms with E-state index in [0.717, 1.165) is 28.4 Å². The zero-order chi connectivity index (χ0) is 11.7. The van der Waals surface area contributed by atoms with Crippen molar-refractivity contribution < 1.29 is 9.59 Å². The smallest absolute Gasteiger partial charge is 0.221 e. The molecule has 0 aliphatic heterocycles. The Bertz CT molecular complexity index is 570. The molecule has 0 saturated heterocycles. The zero-order valence-corrected chi connectivity index (χ0v) is 9.13. The number of amides is 1. The summed E-state index contributed by atoms with van der Waals surface area (Å²) in [6, 6.07) is 3.67. The molecule has 0 saturated carbocycles. The Morgan fingerprint density at radius 1 is 1.44 bits per heavy atom. The standard InChI is InChI=1S/C12H12N2O2/c1-7-10(14-8(2)16)3-4-11-12(7)9(6-15)5-13-11/h3-6,13H,1-2H3,(H,14,16). The fraction of sp³-hybridized carbons (Fsp3) is 0.167. The molecule has 4 heteroatoms. The first-order valence-electron chi connectivity index (χ1n) is 4.97. The lowest BCUT2D eigenvalue weighted by molar-refractivity contribution is -0.114. The molecule has 2 N–H and O–H groups in total. The van der Waals surface area contributed by atoms with E-state index in [4.69, 9.17) is 0 Å². The summed E-state index contributed by atoms with van der Waals surface area (Å²) in [4.78, 5) is 24.9. The van der Waals surface area contributed by atoms with Crippen LogP contribution in [-0.2, 0) is 4.79 Å². The van der Waals surface area contributed by atoms with Gasteiger partial charge in [0, 0.05) is 35.3 Å². The summed E-state index contributed by atoms with van der Waals surface area (Å²) in [6.45, 7) is 3.34. The van der Waals surface area contributed by atoms with Crippen molar-refractivity contribution in [2.45, 2.75) is 13.8 Å². The number of nitrogens with one attached hydrogen (secondary N) is 2. The fourth-order valence-electron chi connectivity index (χ4n) is 1.85. The third-order valence-electron chi connectivity index (χ3n) is 2.57. The second kappa shape index (κ2) is 3.81. The average molecular weight is 216 g/mol. The molecule has 0 bridgehead atoms. The Hall–Kier alpha value is -2.10. The number of H-pyrrole nitrogens is 1. The molecule has 0 unspecified atom stereocenters. The second-order valence-corrected chi connectivity index (χ2v) is 3.70. The Morgan fingerprint density at radius 3 is 2.81 bits per heavy atom. The first kappa shape index (κ1) is 10.4. The zero-order valence-electron chi connectivity index (χ0n) is 9.13. The molecule has 0 aliphatic carbocycles. The molecule has 1 aromatic carbocycles. The normalized spacial score (nSPS) is 10.4. The lowest BCUT2D eigenvalue weighted by atomic mass is 10.1. The number of aromatic amines is 1. The van der Waals surface area contributed by atoms with Gasteiger partial charge in [0.1, 0.15) is 0 Å². The molecule has 0 atom stereocenters. The minimum Gasteiger partial charge on any atom is -0.360 e. The van der Waals surface area contributed by atoms with Gasteiger partial charge in [-0.3, -0.25) is 9.59 Å². The molecule has 1 heterocycles. The van der Waals surface area contributed by atoms with Gasteiger partial charge in [0.2, 0.25) is 5.91 Å². The van der Waals surface area contributed by atoms with E-state index in [-0.39, 0.29) is 5.91 Å². The van der Waals surface area contributed by atoms with Crippen LogP contribution in [0, 0.1) is 6.92 Å². The van der Waals surface area contributed by atoms with Gasteiger partial charge in [-0.25, -0.2) is 0 Å². The minimum atomic E-state index is -0.120. The lowest BCUT2D eigenvalue weighted by Crippen LogP contribution is -2.07. The van der Waals surface area contributed by atoms with Crippen molar-refractivity contribution in [3.63, 3.8) is 0 Å². The van der Waals surface area contributed by atoms with Crippen LogP contribution in [0.3, 0.4) is 0 Å². The maximum atomic E-state index is 11.0. The largest absolute Gasteiger partial charge is 0.360 e. The van der Waals surface area contributed by atoms with Gasteiger partial charge in [-0.2, -0.15) is 0 Å². The van der Waals surface area contributed by atoms with Crippen LogP contribution in [0.15, 0.2) is 18.3 Å². The van der Waals surface area contributed by atoms with Gasteiger partial charge in [0.05, 0.1) is 0 Å². The summed E-state index contributed by atoms with van der Waals surface area (Å²) in [5.41, 5.74) is 3.15. The molecule has 0 radical (unpaired) electrons. The Morgan fingerprint density at radius 2 is 2.19 bits per heavy atom. The number of fused-ring (bicyclic) bond motifs is 1. The molecule has 0 fully saturated rings. The van der Waals surface area contributed by atoms with Crippen molar-refractivity contribution >= 4 is 28.8 Å². The predicted octanol–water partition coefficient (Wildman–Crippen LogP) is 2.25. The molecular formula is C12H12N2O2. The highest BCUT2D eigenvalue weighted by Crippen LogP contribution is 2.27. The fourth-order valence-corrected chi connectivity index (χ4v) is 1.85. The summed E-state index contributed by atoms with van der Waals surface area (Å²) in [5.74, 6) is -0.120. The van der Waals surface area contributed by atoms with Crippen LogP contribution in [0.4, 0.5) is 5.69 Å². The number of benzene rings is 1. The van der Waals surface area contributed by atoms with Crippen LogP contribution in [0.2, 0.25) is 0 Å². The molecule has 1 amide bonds. The summed E-state index contributed by atoms with van der Waals surface area (Å²) in [6.07, 6.45) is 2.48. The van der Waals surface area contributed by atoms with Crippen molar-refractivity contribution in [1.29, 1.82) is 0 Å². The number of hydrogen-bond acceptors (Lipinski definition) is 2. The van der Waals surface area contributed by atoms with Crippen LogP contribution in [0.25, 0.3) is 10.9 Å². The van der Waals surface area contributed by atoms with E-state index in [1.807, 2.05) is 19.1 Å². The molecule has 4 nitrogen and oxygen atoms in total. The van der Waals surface area contributed by atoms with Crippen molar-refractivity contribution in [2.75, 3.05) is 5.32 Å². The molecule has 1 aromatic heterocycles. The van der Waals surface area contributed by atoms with Gasteiger partial charge in [-0.1, -0.05) is 0 Å². The summed E-state index contributed by atoms with van der Waals surface area (Å²) >= 11 is 0. The first-order chi connectivity index (χ1) is 7.63. The third kappa shape index (κ3) is 1.58. The maximum absolute atomic E-state index is 11.0. The van der Waals surface area contributed by atoms with Crippen LogP contribution < -0.4 is 5.32 Å². The molecule has 82 valence electrons. The molecule has 0 aliphatic rings. The lowest BCUT2D eigenvalue weighted by Gasteiger charge is -2.07. The van der Waals surface area contributed by atoms with Crippen molar-refractivity contribution in [2.24, 2.45) is 0 Å². The van der Waals surface area contributed by atoms with Crippen molar-refractivity contribution in [1.82, 2.24) is 4.98 Å². The number of anilines is 1. The van der Waals surface area contributed by atoms with Gasteiger partial charge in [0.15, 0.2) is 6.29 Å². The van der Waals surface area contributed by atoms with Gasteiger partial charge >= 0.3 is 0 Å². The molecular weight excluding hydrogens is 204 g/mol. The van der Waals surface area contributed by atoms with Crippen LogP contribution in [0.5, 0.6) is 0 Å². The minimum absolute atomic E-state index is 0.120. The number of aldehydes is 1. The van der Waals surface area contributed by atoms with Gasteiger partial charge in [0.25, 0.3) is 0 Å². The van der Waals surface area contributed by atoms with E-state index in [1.54, 1.807) is 6.20 Å². The summed E-state index contributed by atoms with van der Waals surface area (Å²) in [7, 11) is 0. The summed E-state index contributed by atoms with van der Waals surface area (Å²) < 4.78 is 0. The molecule has 16 heavy (non-hydrogen) atoms. The SMILES string of the molecule is CC(=O)Nc1ccc2[nH]cc(C=O)c2c1C. The Balaban J connectivity index is 2.66. The molecule has 2 aromatic rings. The Labute approximate surface area is 92.7 Å². The number of aryl methyl sites for hydroxylation is 1. The average Bonchev–Trinajstić information content (AvgIpc) is 2.65. The quantitative estimate of drug-likeness (QED) is 0.756. The summed E-state index contributed by atoms with van der Waals surface area (Å²) in [5, 5.41) is 3.60. The van der Waals surface area contributed by atoms with Crippen LogP contribution >= 0.6 is 0 Å². The topological polar surface area (TPSA) is 62.0 Å². The number of carbonyl (C=O) groups is 2. The number of aromatic nitrogens is 1. The highest BCUT2D eigenvalue weighted by Gasteiger charge is 2.09. The van der Waals surface area contributed by atoms with Crippen LogP contribution in [-0.4, -0.2) is 17.2 Å². The van der Waals surface area contributed by atoms with Crippen molar-refractivity contribution in [3.05, 3.63) is 29.5 Å². The number of hydrogen-bond donors (Lipinski definition) is 2. The first-order valence-corrected chi connectivity index (χ1v) is 4.97. The monoisotopic (exact) mass is 216 g/mol. The van der Waals surface area contributed by atoms with E-state index in [0.29, 0.717) is 5.56 Å². The highest BCUT2D eigenvalue weighted by atomic mass is 16.1. The maximum Gasteiger partial charge on any atom is 0.221 e. The van der Waals surface area contributed by atoms with E-state index in [1.165, 1.54) is 6.92 Å².